The molecule has 0 radical (unpaired) electrons. The Morgan fingerprint density at radius 1 is 1.11 bits per heavy atom. The van der Waals surface area contributed by atoms with E-state index in [4.69, 9.17) is 4.99 Å². The molecule has 2 N–H and O–H groups in total. The fraction of sp³-hybridized carbons (Fsp3) is 0.667. The quantitative estimate of drug-likeness (QED) is 0.173. The molecule has 0 bridgehead atoms. The standard InChI is InChI=1S/C21H37N5S.HI/c1-5-22-21(23-11-16-27-19-9-7-6-8-10-19)24-17-20(18(2)3)26-14-12-25(4)13-15-26;/h6-10,18,20H,5,11-17H2,1-4H3,(H2,22,23,24);1H. The van der Waals surface area contributed by atoms with Gasteiger partial charge in [0.2, 0.25) is 0 Å². The zero-order chi connectivity index (χ0) is 19.5. The summed E-state index contributed by atoms with van der Waals surface area (Å²) in [5.41, 5.74) is 0. The number of rotatable bonds is 9. The Balaban J connectivity index is 0.00000392. The van der Waals surface area contributed by atoms with Gasteiger partial charge in [-0.3, -0.25) is 9.89 Å². The molecule has 0 aromatic heterocycles. The first-order chi connectivity index (χ1) is 13.1. The Bertz CT molecular complexity index is 547. The number of piperazine rings is 1. The molecular formula is C21H38IN5S. The van der Waals surface area contributed by atoms with Crippen molar-refractivity contribution in [1.82, 2.24) is 20.4 Å². The highest BCUT2D eigenvalue weighted by atomic mass is 127. The maximum atomic E-state index is 4.90. The van der Waals surface area contributed by atoms with Crippen LogP contribution in [0.2, 0.25) is 0 Å². The van der Waals surface area contributed by atoms with Gasteiger partial charge in [0, 0.05) is 56.0 Å². The van der Waals surface area contributed by atoms with Gasteiger partial charge < -0.3 is 15.5 Å². The Hall–Kier alpha value is -0.510. The summed E-state index contributed by atoms with van der Waals surface area (Å²) < 4.78 is 0. The number of nitrogens with one attached hydrogen (secondary N) is 2. The molecule has 1 aromatic rings. The number of likely N-dealkylation sites (N-methyl/N-ethyl adjacent to an activating group) is 1. The summed E-state index contributed by atoms with van der Waals surface area (Å²) in [7, 11) is 2.21. The number of aliphatic imine (C=N–C) groups is 1. The molecule has 2 rings (SSSR count). The minimum atomic E-state index is 0. The van der Waals surface area contributed by atoms with E-state index in [0.717, 1.165) is 57.5 Å². The summed E-state index contributed by atoms with van der Waals surface area (Å²) in [6.07, 6.45) is 0. The van der Waals surface area contributed by atoms with Crippen molar-refractivity contribution < 1.29 is 0 Å². The van der Waals surface area contributed by atoms with E-state index in [0.29, 0.717) is 12.0 Å². The molecule has 1 fully saturated rings. The van der Waals surface area contributed by atoms with Gasteiger partial charge in [-0.1, -0.05) is 32.0 Å². The van der Waals surface area contributed by atoms with Crippen LogP contribution in [0.15, 0.2) is 40.2 Å². The van der Waals surface area contributed by atoms with E-state index in [1.165, 1.54) is 4.90 Å². The fourth-order valence-electron chi connectivity index (χ4n) is 3.28. The van der Waals surface area contributed by atoms with Crippen molar-refractivity contribution in [2.45, 2.75) is 31.7 Å². The third kappa shape index (κ3) is 9.33. The van der Waals surface area contributed by atoms with Crippen molar-refractivity contribution in [2.75, 3.05) is 58.6 Å². The molecule has 5 nitrogen and oxygen atoms in total. The molecule has 0 aliphatic carbocycles. The van der Waals surface area contributed by atoms with E-state index in [2.05, 4.69) is 78.6 Å². The van der Waals surface area contributed by atoms with E-state index in [1.807, 2.05) is 11.8 Å². The molecule has 160 valence electrons. The highest BCUT2D eigenvalue weighted by Gasteiger charge is 2.24. The van der Waals surface area contributed by atoms with E-state index in [9.17, 15) is 0 Å². The summed E-state index contributed by atoms with van der Waals surface area (Å²) in [5, 5.41) is 6.87. The second kappa shape index (κ2) is 14.5. The third-order valence-electron chi connectivity index (χ3n) is 4.96. The summed E-state index contributed by atoms with van der Waals surface area (Å²) in [6, 6.07) is 11.1. The van der Waals surface area contributed by atoms with Crippen molar-refractivity contribution in [1.29, 1.82) is 0 Å². The summed E-state index contributed by atoms with van der Waals surface area (Å²) in [4.78, 5) is 11.2. The second-order valence-corrected chi connectivity index (χ2v) is 8.63. The average molecular weight is 520 g/mol. The van der Waals surface area contributed by atoms with Crippen molar-refractivity contribution in [3.63, 3.8) is 0 Å². The largest absolute Gasteiger partial charge is 0.357 e. The Labute approximate surface area is 193 Å². The van der Waals surface area contributed by atoms with Crippen LogP contribution < -0.4 is 10.6 Å². The minimum Gasteiger partial charge on any atom is -0.357 e. The third-order valence-corrected chi connectivity index (χ3v) is 5.98. The highest BCUT2D eigenvalue weighted by molar-refractivity contribution is 14.0. The van der Waals surface area contributed by atoms with Crippen LogP contribution in [0, 0.1) is 5.92 Å². The van der Waals surface area contributed by atoms with Gasteiger partial charge in [0.15, 0.2) is 5.96 Å². The summed E-state index contributed by atoms with van der Waals surface area (Å²) in [5.74, 6) is 2.57. The number of thioether (sulfide) groups is 1. The van der Waals surface area contributed by atoms with Crippen LogP contribution in [0.1, 0.15) is 20.8 Å². The van der Waals surface area contributed by atoms with Gasteiger partial charge >= 0.3 is 0 Å². The van der Waals surface area contributed by atoms with Gasteiger partial charge in [0.25, 0.3) is 0 Å². The monoisotopic (exact) mass is 519 g/mol. The number of hydrogen-bond acceptors (Lipinski definition) is 4. The molecule has 28 heavy (non-hydrogen) atoms. The lowest BCUT2D eigenvalue weighted by atomic mass is 10.0. The molecule has 0 amide bonds. The van der Waals surface area contributed by atoms with Gasteiger partial charge in [-0.15, -0.1) is 35.7 Å². The molecule has 1 heterocycles. The zero-order valence-electron chi connectivity index (χ0n) is 17.9. The molecular weight excluding hydrogens is 481 g/mol. The van der Waals surface area contributed by atoms with Crippen molar-refractivity contribution in [2.24, 2.45) is 10.9 Å². The predicted octanol–water partition coefficient (Wildman–Crippen LogP) is 3.22. The maximum absolute atomic E-state index is 4.90. The lowest BCUT2D eigenvalue weighted by Crippen LogP contribution is -2.52. The van der Waals surface area contributed by atoms with Crippen LogP contribution in [0.5, 0.6) is 0 Å². The van der Waals surface area contributed by atoms with Gasteiger partial charge in [-0.05, 0) is 32.0 Å². The first-order valence-corrected chi connectivity index (χ1v) is 11.2. The Morgan fingerprint density at radius 2 is 1.79 bits per heavy atom. The SMILES string of the molecule is CCNC(=NCC(C(C)C)N1CCN(C)CC1)NCCSc1ccccc1.I. The number of benzene rings is 1. The van der Waals surface area contributed by atoms with Crippen molar-refractivity contribution >= 4 is 41.7 Å². The van der Waals surface area contributed by atoms with Crippen molar-refractivity contribution in [3.8, 4) is 0 Å². The van der Waals surface area contributed by atoms with Crippen LogP contribution in [-0.4, -0.2) is 80.4 Å². The molecule has 0 saturated carbocycles. The first kappa shape index (κ1) is 25.5. The normalized spacial score (nSPS) is 17.2. The number of guanidine groups is 1. The highest BCUT2D eigenvalue weighted by Crippen LogP contribution is 2.16. The van der Waals surface area contributed by atoms with Crippen molar-refractivity contribution in [3.05, 3.63) is 30.3 Å². The van der Waals surface area contributed by atoms with Gasteiger partial charge in [-0.2, -0.15) is 0 Å². The van der Waals surface area contributed by atoms with Crippen LogP contribution in [0.25, 0.3) is 0 Å². The van der Waals surface area contributed by atoms with E-state index >= 15 is 0 Å². The first-order valence-electron chi connectivity index (χ1n) is 10.2. The molecule has 1 aliphatic heterocycles. The Morgan fingerprint density at radius 3 is 2.39 bits per heavy atom. The van der Waals surface area contributed by atoms with Crippen LogP contribution in [0.4, 0.5) is 0 Å². The molecule has 1 aromatic carbocycles. The number of nitrogens with zero attached hydrogens (tertiary/aromatic N) is 3. The molecule has 7 heteroatoms. The molecule has 1 aliphatic rings. The van der Waals surface area contributed by atoms with E-state index in [1.54, 1.807) is 0 Å². The summed E-state index contributed by atoms with van der Waals surface area (Å²) >= 11 is 1.87. The lowest BCUT2D eigenvalue weighted by molar-refractivity contribution is 0.0925. The lowest BCUT2D eigenvalue weighted by Gasteiger charge is -2.39. The van der Waals surface area contributed by atoms with Crippen LogP contribution >= 0.6 is 35.7 Å². The van der Waals surface area contributed by atoms with Crippen LogP contribution in [-0.2, 0) is 0 Å². The van der Waals surface area contributed by atoms with Gasteiger partial charge in [0.05, 0.1) is 6.54 Å². The van der Waals surface area contributed by atoms with Crippen LogP contribution in [0.3, 0.4) is 0 Å². The Kier molecular flexibility index (Phi) is 13.2. The van der Waals surface area contributed by atoms with Gasteiger partial charge in [0.1, 0.15) is 0 Å². The predicted molar refractivity (Wildman–Crippen MR) is 134 cm³/mol. The zero-order valence-corrected chi connectivity index (χ0v) is 21.0. The number of hydrogen-bond donors (Lipinski definition) is 2. The van der Waals surface area contributed by atoms with E-state index in [-0.39, 0.29) is 24.0 Å². The maximum Gasteiger partial charge on any atom is 0.191 e. The smallest absolute Gasteiger partial charge is 0.191 e. The average Bonchev–Trinajstić information content (AvgIpc) is 2.67. The molecule has 1 saturated heterocycles. The number of halogens is 1. The minimum absolute atomic E-state index is 0. The van der Waals surface area contributed by atoms with E-state index < -0.39 is 0 Å². The molecule has 1 unspecified atom stereocenters. The summed E-state index contributed by atoms with van der Waals surface area (Å²) in [6.45, 7) is 14.0. The second-order valence-electron chi connectivity index (χ2n) is 7.46. The topological polar surface area (TPSA) is 42.9 Å². The van der Waals surface area contributed by atoms with Gasteiger partial charge in [-0.25, -0.2) is 0 Å². The molecule has 0 spiro atoms. The fourth-order valence-corrected chi connectivity index (χ4v) is 4.07. The molecule has 1 atom stereocenters.